The van der Waals surface area contributed by atoms with E-state index in [2.05, 4.69) is 15.0 Å². The van der Waals surface area contributed by atoms with Gasteiger partial charge in [-0.2, -0.15) is 0 Å². The number of H-pyrrole nitrogens is 1. The van der Waals surface area contributed by atoms with Gasteiger partial charge in [-0.1, -0.05) is 0 Å². The van der Waals surface area contributed by atoms with Gasteiger partial charge in [-0.05, 0) is 19.1 Å². The summed E-state index contributed by atoms with van der Waals surface area (Å²) in [6.45, 7) is 1.71. The van der Waals surface area contributed by atoms with Crippen molar-refractivity contribution < 1.29 is 4.39 Å². The molecular formula is C10H8FN3O. The number of aromatic nitrogens is 3. The van der Waals surface area contributed by atoms with Crippen molar-refractivity contribution in [1.82, 2.24) is 15.0 Å². The van der Waals surface area contributed by atoms with Crippen molar-refractivity contribution in [3.8, 4) is 11.5 Å². The third-order valence-corrected chi connectivity index (χ3v) is 1.84. The number of nitrogens with one attached hydrogen (secondary N) is 1. The van der Waals surface area contributed by atoms with Gasteiger partial charge >= 0.3 is 0 Å². The Morgan fingerprint density at radius 1 is 1.40 bits per heavy atom. The number of hydrogen-bond acceptors (Lipinski definition) is 3. The predicted octanol–water partition coefficient (Wildman–Crippen LogP) is 1.28. The Hall–Kier alpha value is -2.04. The Kier molecular flexibility index (Phi) is 2.29. The molecular weight excluding hydrogens is 197 g/mol. The monoisotopic (exact) mass is 205 g/mol. The van der Waals surface area contributed by atoms with Crippen LogP contribution in [-0.2, 0) is 0 Å². The minimum atomic E-state index is -0.422. The van der Waals surface area contributed by atoms with Crippen molar-refractivity contribution in [2.75, 3.05) is 0 Å². The van der Waals surface area contributed by atoms with Crippen LogP contribution in [0.25, 0.3) is 11.5 Å². The van der Waals surface area contributed by atoms with E-state index in [4.69, 9.17) is 0 Å². The molecule has 2 rings (SSSR count). The molecule has 0 amide bonds. The molecule has 15 heavy (non-hydrogen) atoms. The fourth-order valence-corrected chi connectivity index (χ4v) is 1.22. The molecule has 2 aromatic heterocycles. The maximum Gasteiger partial charge on any atom is 0.251 e. The molecule has 0 fully saturated rings. The zero-order valence-corrected chi connectivity index (χ0v) is 7.99. The fraction of sp³-hybridized carbons (Fsp3) is 0.100. The molecule has 0 saturated heterocycles. The van der Waals surface area contributed by atoms with Crippen molar-refractivity contribution in [1.29, 1.82) is 0 Å². The maximum absolute atomic E-state index is 12.6. The molecule has 1 N–H and O–H groups in total. The molecule has 0 spiro atoms. The summed E-state index contributed by atoms with van der Waals surface area (Å²) in [5.74, 6) is -0.0752. The van der Waals surface area contributed by atoms with Gasteiger partial charge in [0.25, 0.3) is 5.56 Å². The third-order valence-electron chi connectivity index (χ3n) is 1.84. The largest absolute Gasteiger partial charge is 0.305 e. The van der Waals surface area contributed by atoms with Crippen molar-refractivity contribution in [2.45, 2.75) is 6.92 Å². The third kappa shape index (κ3) is 2.07. The number of aromatic amines is 1. The highest BCUT2D eigenvalue weighted by Crippen LogP contribution is 2.09. The first kappa shape index (κ1) is 9.51. The molecule has 2 heterocycles. The lowest BCUT2D eigenvalue weighted by atomic mass is 10.3. The summed E-state index contributed by atoms with van der Waals surface area (Å²) >= 11 is 0. The van der Waals surface area contributed by atoms with Crippen LogP contribution in [0, 0.1) is 12.7 Å². The van der Waals surface area contributed by atoms with Gasteiger partial charge in [0, 0.05) is 11.8 Å². The van der Waals surface area contributed by atoms with Gasteiger partial charge in [-0.3, -0.25) is 4.79 Å². The van der Waals surface area contributed by atoms with Crippen LogP contribution in [0.1, 0.15) is 5.69 Å². The molecule has 0 aromatic carbocycles. The zero-order valence-electron chi connectivity index (χ0n) is 7.99. The van der Waals surface area contributed by atoms with Crippen LogP contribution in [0.2, 0.25) is 0 Å². The first-order valence-electron chi connectivity index (χ1n) is 4.35. The van der Waals surface area contributed by atoms with E-state index in [-0.39, 0.29) is 5.56 Å². The zero-order chi connectivity index (χ0) is 10.8. The second kappa shape index (κ2) is 3.61. The highest BCUT2D eigenvalue weighted by atomic mass is 19.1. The maximum atomic E-state index is 12.6. The number of nitrogens with zero attached hydrogens (tertiary/aromatic N) is 2. The van der Waals surface area contributed by atoms with Crippen LogP contribution in [0.5, 0.6) is 0 Å². The van der Waals surface area contributed by atoms with Gasteiger partial charge in [-0.15, -0.1) is 0 Å². The van der Waals surface area contributed by atoms with Gasteiger partial charge in [0.2, 0.25) is 0 Å². The van der Waals surface area contributed by atoms with Gasteiger partial charge in [0.15, 0.2) is 5.82 Å². The summed E-state index contributed by atoms with van der Waals surface area (Å²) in [7, 11) is 0. The Balaban J connectivity index is 2.54. The summed E-state index contributed by atoms with van der Waals surface area (Å²) in [5, 5.41) is 0. The molecule has 0 bridgehead atoms. The molecule has 0 unspecified atom stereocenters. The first-order chi connectivity index (χ1) is 7.15. The Morgan fingerprint density at radius 2 is 2.20 bits per heavy atom. The number of hydrogen-bond donors (Lipinski definition) is 1. The van der Waals surface area contributed by atoms with E-state index < -0.39 is 5.82 Å². The average Bonchev–Trinajstić information content (AvgIpc) is 2.17. The SMILES string of the molecule is Cc1cc(=O)[nH]c(-c2ccc(F)cn2)n1. The topological polar surface area (TPSA) is 58.6 Å². The van der Waals surface area contributed by atoms with Crippen LogP contribution in [0.15, 0.2) is 29.2 Å². The summed E-state index contributed by atoms with van der Waals surface area (Å²) in [4.78, 5) is 21.6. The van der Waals surface area contributed by atoms with E-state index in [1.807, 2.05) is 0 Å². The smallest absolute Gasteiger partial charge is 0.251 e. The van der Waals surface area contributed by atoms with Crippen LogP contribution in [0.3, 0.4) is 0 Å². The van der Waals surface area contributed by atoms with E-state index in [9.17, 15) is 9.18 Å². The van der Waals surface area contributed by atoms with E-state index in [0.717, 1.165) is 6.20 Å². The van der Waals surface area contributed by atoms with E-state index in [0.29, 0.717) is 17.2 Å². The lowest BCUT2D eigenvalue weighted by molar-refractivity contribution is 0.621. The number of halogens is 1. The van der Waals surface area contributed by atoms with Gasteiger partial charge in [0.1, 0.15) is 11.5 Å². The normalized spacial score (nSPS) is 10.3. The highest BCUT2D eigenvalue weighted by molar-refractivity contribution is 5.48. The van der Waals surface area contributed by atoms with Crippen molar-refractivity contribution in [2.24, 2.45) is 0 Å². The molecule has 0 aliphatic rings. The van der Waals surface area contributed by atoms with Crippen molar-refractivity contribution in [3.63, 3.8) is 0 Å². The molecule has 0 atom stereocenters. The van der Waals surface area contributed by atoms with Crippen molar-refractivity contribution >= 4 is 0 Å². The fourth-order valence-electron chi connectivity index (χ4n) is 1.22. The molecule has 0 saturated carbocycles. The number of rotatable bonds is 1. The first-order valence-corrected chi connectivity index (χ1v) is 4.35. The minimum absolute atomic E-state index is 0.247. The second-order valence-electron chi connectivity index (χ2n) is 3.10. The standard InChI is InChI=1S/C10H8FN3O/c1-6-4-9(15)14-10(13-6)8-3-2-7(11)5-12-8/h2-5H,1H3,(H,13,14,15). The van der Waals surface area contributed by atoms with E-state index in [1.54, 1.807) is 6.92 Å². The molecule has 0 radical (unpaired) electrons. The number of aryl methyl sites for hydroxylation is 1. The molecule has 0 aliphatic carbocycles. The summed E-state index contributed by atoms with van der Waals surface area (Å²) in [5.41, 5.74) is 0.792. The lowest BCUT2D eigenvalue weighted by Gasteiger charge is -2.00. The molecule has 4 nitrogen and oxygen atoms in total. The average molecular weight is 205 g/mol. The summed E-state index contributed by atoms with van der Waals surface area (Å²) < 4.78 is 12.6. The Labute approximate surface area is 84.8 Å². The lowest BCUT2D eigenvalue weighted by Crippen LogP contribution is -2.09. The summed E-state index contributed by atoms with van der Waals surface area (Å²) in [6.07, 6.45) is 1.08. The number of pyridine rings is 1. The quantitative estimate of drug-likeness (QED) is 0.762. The highest BCUT2D eigenvalue weighted by Gasteiger charge is 2.03. The minimum Gasteiger partial charge on any atom is -0.305 e. The van der Waals surface area contributed by atoms with E-state index in [1.165, 1.54) is 18.2 Å². The summed E-state index contributed by atoms with van der Waals surface area (Å²) in [6, 6.07) is 4.12. The van der Waals surface area contributed by atoms with Crippen LogP contribution < -0.4 is 5.56 Å². The molecule has 2 aromatic rings. The molecule has 0 aliphatic heterocycles. The van der Waals surface area contributed by atoms with Crippen LogP contribution in [0.4, 0.5) is 4.39 Å². The van der Waals surface area contributed by atoms with Crippen LogP contribution in [-0.4, -0.2) is 15.0 Å². The molecule has 5 heteroatoms. The van der Waals surface area contributed by atoms with Crippen molar-refractivity contribution in [3.05, 3.63) is 46.3 Å². The van der Waals surface area contributed by atoms with Gasteiger partial charge in [0.05, 0.1) is 6.20 Å². The Morgan fingerprint density at radius 3 is 2.80 bits per heavy atom. The second-order valence-corrected chi connectivity index (χ2v) is 3.10. The predicted molar refractivity (Wildman–Crippen MR) is 52.8 cm³/mol. The van der Waals surface area contributed by atoms with Gasteiger partial charge < -0.3 is 4.98 Å². The van der Waals surface area contributed by atoms with Gasteiger partial charge in [-0.25, -0.2) is 14.4 Å². The Bertz CT molecular complexity index is 533. The van der Waals surface area contributed by atoms with Crippen LogP contribution >= 0.6 is 0 Å². The van der Waals surface area contributed by atoms with E-state index >= 15 is 0 Å². The molecule has 76 valence electrons.